The minimum atomic E-state index is 0.547. The first kappa shape index (κ1) is 11.1. The van der Waals surface area contributed by atoms with Crippen LogP contribution in [-0.4, -0.2) is 32.8 Å². The molecule has 1 N–H and O–H groups in total. The lowest BCUT2D eigenvalue weighted by molar-refractivity contribution is 0.190. The van der Waals surface area contributed by atoms with Gasteiger partial charge in [0.15, 0.2) is 0 Å². The lowest BCUT2D eigenvalue weighted by atomic mass is 10.1. The van der Waals surface area contributed by atoms with E-state index < -0.39 is 0 Å². The minimum absolute atomic E-state index is 0.547. The second-order valence-corrected chi connectivity index (χ2v) is 5.08. The predicted molar refractivity (Wildman–Crippen MR) is 69.5 cm³/mol. The van der Waals surface area contributed by atoms with Crippen LogP contribution in [-0.2, 0) is 17.7 Å². The van der Waals surface area contributed by atoms with Gasteiger partial charge in [-0.2, -0.15) is 0 Å². The van der Waals surface area contributed by atoms with Crippen molar-refractivity contribution in [2.45, 2.75) is 25.4 Å². The van der Waals surface area contributed by atoms with Crippen molar-refractivity contribution in [1.82, 2.24) is 5.32 Å². The number of ether oxygens (including phenoxy) is 1. The zero-order valence-corrected chi connectivity index (χ0v) is 10.4. The summed E-state index contributed by atoms with van der Waals surface area (Å²) in [7, 11) is 2.17. The first-order valence-corrected chi connectivity index (χ1v) is 6.47. The summed E-state index contributed by atoms with van der Waals surface area (Å²) in [6, 6.07) is 7.39. The Morgan fingerprint density at radius 3 is 3.24 bits per heavy atom. The molecule has 1 unspecified atom stereocenters. The Balaban J connectivity index is 1.64. The summed E-state index contributed by atoms with van der Waals surface area (Å²) in [5, 5.41) is 3.56. The zero-order valence-electron chi connectivity index (χ0n) is 10.4. The molecule has 3 rings (SSSR count). The molecule has 1 aromatic rings. The van der Waals surface area contributed by atoms with Gasteiger partial charge in [-0.3, -0.25) is 0 Å². The monoisotopic (exact) mass is 232 g/mol. The van der Waals surface area contributed by atoms with Gasteiger partial charge >= 0.3 is 0 Å². The van der Waals surface area contributed by atoms with Crippen LogP contribution in [0.25, 0.3) is 0 Å². The average molecular weight is 232 g/mol. The van der Waals surface area contributed by atoms with E-state index in [2.05, 4.69) is 35.5 Å². The number of hydrogen-bond acceptors (Lipinski definition) is 3. The van der Waals surface area contributed by atoms with Crippen molar-refractivity contribution in [3.63, 3.8) is 0 Å². The zero-order chi connectivity index (χ0) is 11.7. The highest BCUT2D eigenvalue weighted by Crippen LogP contribution is 2.27. The highest BCUT2D eigenvalue weighted by atomic mass is 16.5. The van der Waals surface area contributed by atoms with Crippen LogP contribution in [0.2, 0.25) is 0 Å². The molecular weight excluding hydrogens is 212 g/mol. The van der Waals surface area contributed by atoms with Gasteiger partial charge < -0.3 is 15.0 Å². The van der Waals surface area contributed by atoms with Crippen LogP contribution in [0.4, 0.5) is 5.69 Å². The smallest absolute Gasteiger partial charge is 0.0620 e. The van der Waals surface area contributed by atoms with Gasteiger partial charge in [0.25, 0.3) is 0 Å². The van der Waals surface area contributed by atoms with Crippen LogP contribution in [0.5, 0.6) is 0 Å². The maximum Gasteiger partial charge on any atom is 0.0620 e. The highest BCUT2D eigenvalue weighted by Gasteiger charge is 2.17. The summed E-state index contributed by atoms with van der Waals surface area (Å²) in [5.74, 6) is 0. The van der Waals surface area contributed by atoms with Crippen LogP contribution in [0.1, 0.15) is 17.5 Å². The fraction of sp³-hybridized carbons (Fsp3) is 0.571. The van der Waals surface area contributed by atoms with Crippen LogP contribution in [0, 0.1) is 0 Å². The number of hydrogen-bond donors (Lipinski definition) is 1. The third-order valence-electron chi connectivity index (χ3n) is 3.80. The van der Waals surface area contributed by atoms with E-state index in [1.54, 1.807) is 0 Å². The SMILES string of the molecule is CN1CCc2cc(CNC3CCOC3)ccc21. The minimum Gasteiger partial charge on any atom is -0.380 e. The van der Waals surface area contributed by atoms with Crippen LogP contribution in [0.15, 0.2) is 18.2 Å². The van der Waals surface area contributed by atoms with Gasteiger partial charge in [-0.05, 0) is 30.0 Å². The summed E-state index contributed by atoms with van der Waals surface area (Å²) in [4.78, 5) is 2.33. The highest BCUT2D eigenvalue weighted by molar-refractivity contribution is 5.58. The molecule has 2 heterocycles. The molecule has 1 aromatic carbocycles. The fourth-order valence-corrected chi connectivity index (χ4v) is 2.69. The van der Waals surface area contributed by atoms with Crippen molar-refractivity contribution in [2.75, 3.05) is 31.7 Å². The maximum atomic E-state index is 5.36. The summed E-state index contributed by atoms with van der Waals surface area (Å²) >= 11 is 0. The van der Waals surface area contributed by atoms with Crippen molar-refractivity contribution in [3.8, 4) is 0 Å². The topological polar surface area (TPSA) is 24.5 Å². The third kappa shape index (κ3) is 2.31. The number of nitrogens with zero attached hydrogens (tertiary/aromatic N) is 1. The lowest BCUT2D eigenvalue weighted by Crippen LogP contribution is -2.28. The van der Waals surface area contributed by atoms with E-state index in [4.69, 9.17) is 4.74 Å². The van der Waals surface area contributed by atoms with Crippen molar-refractivity contribution in [1.29, 1.82) is 0 Å². The van der Waals surface area contributed by atoms with Gasteiger partial charge in [-0.1, -0.05) is 12.1 Å². The Morgan fingerprint density at radius 1 is 1.47 bits per heavy atom. The molecule has 0 amide bonds. The number of likely N-dealkylation sites (N-methyl/N-ethyl adjacent to an activating group) is 1. The second kappa shape index (κ2) is 4.67. The molecule has 0 spiro atoms. The molecule has 0 aromatic heterocycles. The number of nitrogens with one attached hydrogen (secondary N) is 1. The van der Waals surface area contributed by atoms with Crippen molar-refractivity contribution in [2.24, 2.45) is 0 Å². The van der Waals surface area contributed by atoms with Gasteiger partial charge in [0.2, 0.25) is 0 Å². The number of benzene rings is 1. The maximum absolute atomic E-state index is 5.36. The first-order chi connectivity index (χ1) is 8.33. The summed E-state index contributed by atoms with van der Waals surface area (Å²) in [6.45, 7) is 3.90. The van der Waals surface area contributed by atoms with Gasteiger partial charge in [0, 0.05) is 38.5 Å². The molecule has 0 bridgehead atoms. The van der Waals surface area contributed by atoms with E-state index in [0.717, 1.165) is 32.7 Å². The normalized spacial score (nSPS) is 23.1. The lowest BCUT2D eigenvalue weighted by Gasteiger charge is -2.13. The molecule has 2 aliphatic heterocycles. The van der Waals surface area contributed by atoms with Gasteiger partial charge in [-0.25, -0.2) is 0 Å². The Morgan fingerprint density at radius 2 is 2.41 bits per heavy atom. The van der Waals surface area contributed by atoms with E-state index >= 15 is 0 Å². The molecular formula is C14H20N2O. The molecule has 3 heteroatoms. The Hall–Kier alpha value is -1.06. The Labute approximate surface area is 103 Å². The summed E-state index contributed by atoms with van der Waals surface area (Å²) in [5.41, 5.74) is 4.29. The molecule has 0 radical (unpaired) electrons. The molecule has 0 aliphatic carbocycles. The standard InChI is InChI=1S/C14H20N2O/c1-16-6-4-12-8-11(2-3-14(12)16)9-15-13-5-7-17-10-13/h2-3,8,13,15H,4-7,9-10H2,1H3. The predicted octanol–water partition coefficient (Wildman–Crippen LogP) is 1.56. The Kier molecular flexibility index (Phi) is 3.04. The molecule has 1 saturated heterocycles. The van der Waals surface area contributed by atoms with E-state index in [0.29, 0.717) is 6.04 Å². The first-order valence-electron chi connectivity index (χ1n) is 6.47. The largest absolute Gasteiger partial charge is 0.380 e. The number of fused-ring (bicyclic) bond motifs is 1. The van der Waals surface area contributed by atoms with Crippen LogP contribution in [0.3, 0.4) is 0 Å². The molecule has 17 heavy (non-hydrogen) atoms. The molecule has 92 valence electrons. The number of rotatable bonds is 3. The van der Waals surface area contributed by atoms with Crippen LogP contribution >= 0.6 is 0 Å². The third-order valence-corrected chi connectivity index (χ3v) is 3.80. The van der Waals surface area contributed by atoms with E-state index in [1.165, 1.54) is 23.2 Å². The van der Waals surface area contributed by atoms with Gasteiger partial charge in [0.1, 0.15) is 0 Å². The summed E-state index contributed by atoms with van der Waals surface area (Å²) in [6.07, 6.45) is 2.33. The van der Waals surface area contributed by atoms with Gasteiger partial charge in [0.05, 0.1) is 6.61 Å². The summed E-state index contributed by atoms with van der Waals surface area (Å²) < 4.78 is 5.36. The van der Waals surface area contributed by atoms with Gasteiger partial charge in [-0.15, -0.1) is 0 Å². The quantitative estimate of drug-likeness (QED) is 0.856. The van der Waals surface area contributed by atoms with Crippen molar-refractivity contribution in [3.05, 3.63) is 29.3 Å². The molecule has 1 fully saturated rings. The van der Waals surface area contributed by atoms with E-state index in [9.17, 15) is 0 Å². The molecule has 2 aliphatic rings. The van der Waals surface area contributed by atoms with E-state index in [-0.39, 0.29) is 0 Å². The van der Waals surface area contributed by atoms with E-state index in [1.807, 2.05) is 0 Å². The molecule has 0 saturated carbocycles. The van der Waals surface area contributed by atoms with Crippen molar-refractivity contribution < 1.29 is 4.74 Å². The number of anilines is 1. The fourth-order valence-electron chi connectivity index (χ4n) is 2.69. The van der Waals surface area contributed by atoms with Crippen molar-refractivity contribution >= 4 is 5.69 Å². The van der Waals surface area contributed by atoms with Crippen LogP contribution < -0.4 is 10.2 Å². The Bertz CT molecular complexity index is 399. The molecule has 1 atom stereocenters. The molecule has 3 nitrogen and oxygen atoms in total. The second-order valence-electron chi connectivity index (χ2n) is 5.08. The average Bonchev–Trinajstić information content (AvgIpc) is 2.97.